The predicted molar refractivity (Wildman–Crippen MR) is 87.9 cm³/mol. The Kier molecular flexibility index (Phi) is 5.44. The molecule has 0 bridgehead atoms. The Balaban J connectivity index is 1.72. The summed E-state index contributed by atoms with van der Waals surface area (Å²) in [5.74, 6) is 0. The average molecular weight is 348 g/mol. The van der Waals surface area contributed by atoms with Crippen LogP contribution in [-0.4, -0.2) is 38.6 Å². The van der Waals surface area contributed by atoms with Gasteiger partial charge in [-0.05, 0) is 5.56 Å². The molecule has 1 aromatic carbocycles. The average Bonchev–Trinajstić information content (AvgIpc) is 2.98. The molecule has 0 unspecified atom stereocenters. The number of aliphatic hydroxyl groups is 2. The van der Waals surface area contributed by atoms with E-state index in [0.717, 1.165) is 5.56 Å². The number of aliphatic hydroxyl groups excluding tert-OH is 2. The molecule has 3 N–H and O–H groups in total. The van der Waals surface area contributed by atoms with Gasteiger partial charge < -0.3 is 19.7 Å². The first kappa shape index (κ1) is 17.6. The molecule has 134 valence electrons. The van der Waals surface area contributed by atoms with Crippen molar-refractivity contribution in [1.82, 2.24) is 9.55 Å². The molecule has 0 spiro atoms. The summed E-state index contributed by atoms with van der Waals surface area (Å²) in [6.45, 7) is 0.0245. The maximum absolute atomic E-state index is 12.0. The van der Waals surface area contributed by atoms with Gasteiger partial charge in [0.1, 0.15) is 12.3 Å². The number of nitrogens with one attached hydrogen (secondary N) is 1. The second kappa shape index (κ2) is 7.75. The molecule has 8 nitrogen and oxygen atoms in total. The van der Waals surface area contributed by atoms with Crippen LogP contribution in [0.2, 0.25) is 0 Å². The van der Waals surface area contributed by atoms with E-state index in [4.69, 9.17) is 14.6 Å². The van der Waals surface area contributed by atoms with Gasteiger partial charge in [-0.15, -0.1) is 0 Å². The number of rotatable bonds is 6. The van der Waals surface area contributed by atoms with Crippen molar-refractivity contribution < 1.29 is 19.7 Å². The molecule has 1 fully saturated rings. The number of hydrogen-bond acceptors (Lipinski definition) is 6. The lowest BCUT2D eigenvalue weighted by molar-refractivity contribution is -0.0461. The number of aromatic nitrogens is 2. The third-order valence-electron chi connectivity index (χ3n) is 4.11. The summed E-state index contributed by atoms with van der Waals surface area (Å²) < 4.78 is 12.2. The maximum Gasteiger partial charge on any atom is 0.330 e. The van der Waals surface area contributed by atoms with Crippen LogP contribution in [-0.2, 0) is 22.7 Å². The van der Waals surface area contributed by atoms with E-state index in [-0.39, 0.29) is 25.2 Å². The minimum Gasteiger partial charge on any atom is -0.394 e. The SMILES string of the molecule is O=c1[nH]c(=O)n([C@H]2C[C@@H](O)[C@@H](CO)O2)cc1COCc1ccccc1. The minimum atomic E-state index is -0.869. The van der Waals surface area contributed by atoms with Gasteiger partial charge in [-0.25, -0.2) is 4.79 Å². The van der Waals surface area contributed by atoms with E-state index in [1.807, 2.05) is 30.3 Å². The van der Waals surface area contributed by atoms with Crippen molar-refractivity contribution in [3.05, 3.63) is 68.5 Å². The molecule has 1 saturated heterocycles. The molecular weight excluding hydrogens is 328 g/mol. The Morgan fingerprint density at radius 3 is 2.68 bits per heavy atom. The number of benzene rings is 1. The number of ether oxygens (including phenoxy) is 2. The van der Waals surface area contributed by atoms with Gasteiger partial charge in [0.25, 0.3) is 5.56 Å². The quantitative estimate of drug-likeness (QED) is 0.671. The van der Waals surface area contributed by atoms with Crippen LogP contribution >= 0.6 is 0 Å². The fourth-order valence-electron chi connectivity index (χ4n) is 2.75. The Morgan fingerprint density at radius 1 is 1.24 bits per heavy atom. The van der Waals surface area contributed by atoms with Crippen molar-refractivity contribution in [2.24, 2.45) is 0 Å². The van der Waals surface area contributed by atoms with E-state index in [0.29, 0.717) is 6.61 Å². The van der Waals surface area contributed by atoms with Crippen LogP contribution in [0.3, 0.4) is 0 Å². The van der Waals surface area contributed by atoms with Gasteiger partial charge in [-0.3, -0.25) is 14.3 Å². The van der Waals surface area contributed by atoms with Crippen LogP contribution < -0.4 is 11.2 Å². The summed E-state index contributed by atoms with van der Waals surface area (Å²) in [7, 11) is 0. The first-order valence-electron chi connectivity index (χ1n) is 7.99. The molecule has 2 aromatic rings. The Morgan fingerprint density at radius 2 is 2.00 bits per heavy atom. The van der Waals surface area contributed by atoms with Gasteiger partial charge in [0.2, 0.25) is 0 Å². The van der Waals surface area contributed by atoms with Crippen molar-refractivity contribution in [2.45, 2.75) is 38.1 Å². The van der Waals surface area contributed by atoms with Crippen molar-refractivity contribution in [2.75, 3.05) is 6.61 Å². The zero-order valence-electron chi connectivity index (χ0n) is 13.5. The standard InChI is InChI=1S/C17H20N2O6/c20-8-14-13(21)6-15(25-14)19-7-12(16(22)18-17(19)23)10-24-9-11-4-2-1-3-5-11/h1-5,7,13-15,20-21H,6,8-10H2,(H,18,22,23)/t13-,14-,15-/m1/s1. The largest absolute Gasteiger partial charge is 0.394 e. The van der Waals surface area contributed by atoms with Crippen molar-refractivity contribution in [3.8, 4) is 0 Å². The van der Waals surface area contributed by atoms with Gasteiger partial charge in [0, 0.05) is 12.6 Å². The van der Waals surface area contributed by atoms with Crippen molar-refractivity contribution in [3.63, 3.8) is 0 Å². The van der Waals surface area contributed by atoms with E-state index < -0.39 is 29.7 Å². The summed E-state index contributed by atoms with van der Waals surface area (Å²) in [6, 6.07) is 9.51. The lowest BCUT2D eigenvalue weighted by Gasteiger charge is -2.15. The van der Waals surface area contributed by atoms with Crippen LogP contribution in [0.1, 0.15) is 23.8 Å². The number of H-pyrrole nitrogens is 1. The first-order chi connectivity index (χ1) is 12.1. The molecule has 0 amide bonds. The summed E-state index contributed by atoms with van der Waals surface area (Å²) in [5.41, 5.74) is 0.0977. The van der Waals surface area contributed by atoms with Crippen molar-refractivity contribution >= 4 is 0 Å². The molecule has 0 saturated carbocycles. The fourth-order valence-corrected chi connectivity index (χ4v) is 2.75. The third-order valence-corrected chi connectivity index (χ3v) is 4.11. The normalized spacial score (nSPS) is 23.0. The molecule has 25 heavy (non-hydrogen) atoms. The lowest BCUT2D eigenvalue weighted by atomic mass is 10.2. The molecule has 0 aliphatic carbocycles. The lowest BCUT2D eigenvalue weighted by Crippen LogP contribution is -2.34. The summed E-state index contributed by atoms with van der Waals surface area (Å²) >= 11 is 0. The fraction of sp³-hybridized carbons (Fsp3) is 0.412. The summed E-state index contributed by atoms with van der Waals surface area (Å²) in [4.78, 5) is 26.2. The van der Waals surface area contributed by atoms with Gasteiger partial charge in [-0.2, -0.15) is 0 Å². The first-order valence-corrected chi connectivity index (χ1v) is 7.99. The Labute approximate surface area is 143 Å². The van der Waals surface area contributed by atoms with E-state index in [1.165, 1.54) is 10.8 Å². The van der Waals surface area contributed by atoms with Gasteiger partial charge >= 0.3 is 5.69 Å². The van der Waals surface area contributed by atoms with E-state index in [2.05, 4.69) is 4.98 Å². The number of hydrogen-bond donors (Lipinski definition) is 3. The van der Waals surface area contributed by atoms with Crippen LogP contribution in [0.25, 0.3) is 0 Å². The van der Waals surface area contributed by atoms with E-state index in [1.54, 1.807) is 0 Å². The highest BCUT2D eigenvalue weighted by atomic mass is 16.5. The van der Waals surface area contributed by atoms with E-state index >= 15 is 0 Å². The topological polar surface area (TPSA) is 114 Å². The predicted octanol–water partition coefficient (Wildman–Crippen LogP) is -0.106. The minimum absolute atomic E-state index is 0.0310. The van der Waals surface area contributed by atoms with Gasteiger partial charge in [0.05, 0.1) is 31.5 Å². The monoisotopic (exact) mass is 348 g/mol. The maximum atomic E-state index is 12.0. The molecule has 8 heteroatoms. The molecule has 3 atom stereocenters. The zero-order valence-corrected chi connectivity index (χ0v) is 13.5. The second-order valence-electron chi connectivity index (χ2n) is 5.91. The van der Waals surface area contributed by atoms with E-state index in [9.17, 15) is 14.7 Å². The van der Waals surface area contributed by atoms with Gasteiger partial charge in [0.15, 0.2) is 0 Å². The summed E-state index contributed by atoms with van der Waals surface area (Å²) in [6.07, 6.45) is -0.831. The smallest absolute Gasteiger partial charge is 0.330 e. The molecule has 3 rings (SSSR count). The zero-order chi connectivity index (χ0) is 17.8. The van der Waals surface area contributed by atoms with Crippen LogP contribution in [0, 0.1) is 0 Å². The molecule has 1 aromatic heterocycles. The van der Waals surface area contributed by atoms with Gasteiger partial charge in [-0.1, -0.05) is 30.3 Å². The van der Waals surface area contributed by atoms with Crippen LogP contribution in [0.4, 0.5) is 0 Å². The van der Waals surface area contributed by atoms with Crippen molar-refractivity contribution in [1.29, 1.82) is 0 Å². The number of nitrogens with zero attached hydrogens (tertiary/aromatic N) is 1. The second-order valence-corrected chi connectivity index (χ2v) is 5.91. The molecule has 1 aliphatic rings. The molecule has 1 aliphatic heterocycles. The number of aromatic amines is 1. The van der Waals surface area contributed by atoms with Crippen LogP contribution in [0.15, 0.2) is 46.1 Å². The van der Waals surface area contributed by atoms with Crippen LogP contribution in [0.5, 0.6) is 0 Å². The highest BCUT2D eigenvalue weighted by Crippen LogP contribution is 2.27. The molecule has 2 heterocycles. The summed E-state index contributed by atoms with van der Waals surface area (Å²) in [5, 5.41) is 18.9. The third kappa shape index (κ3) is 4.05. The molecule has 0 radical (unpaired) electrons. The Bertz CT molecular complexity index is 816. The highest BCUT2D eigenvalue weighted by molar-refractivity contribution is 5.13. The highest BCUT2D eigenvalue weighted by Gasteiger charge is 2.35. The Hall–Kier alpha value is -2.26. The molecular formula is C17H20N2O6.